The number of amides is 1. The Kier molecular flexibility index (Phi) is 5.56. The van der Waals surface area contributed by atoms with E-state index in [2.05, 4.69) is 5.32 Å². The summed E-state index contributed by atoms with van der Waals surface area (Å²) in [5.41, 5.74) is 0.286. The van der Waals surface area contributed by atoms with Crippen molar-refractivity contribution in [3.63, 3.8) is 0 Å². The maximum absolute atomic E-state index is 12.7. The first-order chi connectivity index (χ1) is 7.65. The Bertz CT molecular complexity index is 371. The van der Waals surface area contributed by atoms with Gasteiger partial charge in [-0.2, -0.15) is 0 Å². The average Bonchev–Trinajstić information content (AvgIpc) is 2.24. The Morgan fingerprint density at radius 1 is 1.38 bits per heavy atom. The number of alkyl halides is 1. The topological polar surface area (TPSA) is 29.1 Å². The smallest absolute Gasteiger partial charge is 0.252 e. The van der Waals surface area contributed by atoms with Gasteiger partial charge in [0.1, 0.15) is 5.82 Å². The van der Waals surface area contributed by atoms with Crippen molar-refractivity contribution >= 4 is 29.1 Å². The third-order valence-electron chi connectivity index (χ3n) is 2.02. The fourth-order valence-electron chi connectivity index (χ4n) is 1.19. The molecule has 0 aliphatic heterocycles. The summed E-state index contributed by atoms with van der Waals surface area (Å²) in [6, 6.07) is 3.70. The van der Waals surface area contributed by atoms with E-state index in [1.165, 1.54) is 12.1 Å². The van der Waals surface area contributed by atoms with Crippen LogP contribution in [0.25, 0.3) is 0 Å². The zero-order valence-electron chi connectivity index (χ0n) is 8.60. The molecule has 0 aliphatic carbocycles. The van der Waals surface area contributed by atoms with Gasteiger partial charge in [-0.15, -0.1) is 11.6 Å². The van der Waals surface area contributed by atoms with E-state index in [0.29, 0.717) is 12.4 Å². The van der Waals surface area contributed by atoms with Gasteiger partial charge >= 0.3 is 0 Å². The van der Waals surface area contributed by atoms with Crippen molar-refractivity contribution < 1.29 is 9.18 Å². The van der Waals surface area contributed by atoms with Crippen LogP contribution in [0, 0.1) is 5.82 Å². The summed E-state index contributed by atoms with van der Waals surface area (Å²) in [5, 5.41) is 2.81. The van der Waals surface area contributed by atoms with Crippen molar-refractivity contribution in [2.24, 2.45) is 0 Å². The van der Waals surface area contributed by atoms with Gasteiger partial charge in [0.15, 0.2) is 0 Å². The predicted molar refractivity (Wildman–Crippen MR) is 63.7 cm³/mol. The van der Waals surface area contributed by atoms with E-state index in [-0.39, 0.29) is 16.5 Å². The van der Waals surface area contributed by atoms with Gasteiger partial charge in [-0.25, -0.2) is 4.39 Å². The van der Waals surface area contributed by atoms with Crippen LogP contribution in [0.4, 0.5) is 4.39 Å². The van der Waals surface area contributed by atoms with Crippen molar-refractivity contribution in [2.75, 3.05) is 12.4 Å². The molecule has 1 amide bonds. The van der Waals surface area contributed by atoms with Crippen molar-refractivity contribution in [1.29, 1.82) is 0 Å². The lowest BCUT2D eigenvalue weighted by atomic mass is 10.2. The summed E-state index contributed by atoms with van der Waals surface area (Å²) in [5.74, 6) is -0.170. The number of halogens is 3. The summed E-state index contributed by atoms with van der Waals surface area (Å²) in [7, 11) is 0. The van der Waals surface area contributed by atoms with Crippen molar-refractivity contribution in [1.82, 2.24) is 5.32 Å². The van der Waals surface area contributed by atoms with Crippen LogP contribution < -0.4 is 5.32 Å². The largest absolute Gasteiger partial charge is 0.352 e. The zero-order chi connectivity index (χ0) is 12.0. The number of hydrogen-bond acceptors (Lipinski definition) is 1. The molecule has 0 saturated carbocycles. The molecule has 0 saturated heterocycles. The lowest BCUT2D eigenvalue weighted by Gasteiger charge is -2.06. The highest BCUT2D eigenvalue weighted by molar-refractivity contribution is 6.33. The Morgan fingerprint density at radius 2 is 2.12 bits per heavy atom. The van der Waals surface area contributed by atoms with Crippen LogP contribution in [-0.4, -0.2) is 18.3 Å². The molecule has 1 aromatic carbocycles. The van der Waals surface area contributed by atoms with Crippen LogP contribution in [-0.2, 0) is 0 Å². The molecule has 0 heterocycles. The molecule has 0 unspecified atom stereocenters. The third-order valence-corrected chi connectivity index (χ3v) is 2.60. The Hall–Kier alpha value is -0.800. The lowest BCUT2D eigenvalue weighted by Crippen LogP contribution is -2.24. The molecule has 0 bridgehead atoms. The maximum atomic E-state index is 12.7. The molecule has 1 aromatic rings. The quantitative estimate of drug-likeness (QED) is 0.642. The van der Waals surface area contributed by atoms with Crippen molar-refractivity contribution in [2.45, 2.75) is 12.8 Å². The fourth-order valence-corrected chi connectivity index (χ4v) is 1.63. The van der Waals surface area contributed by atoms with Gasteiger partial charge in [0.05, 0.1) is 10.6 Å². The highest BCUT2D eigenvalue weighted by Crippen LogP contribution is 2.16. The van der Waals surface area contributed by atoms with E-state index in [0.717, 1.165) is 18.9 Å². The van der Waals surface area contributed by atoms with Crippen LogP contribution in [0.2, 0.25) is 5.02 Å². The lowest BCUT2D eigenvalue weighted by molar-refractivity contribution is 0.0953. The standard InChI is InChI=1S/C11H12Cl2FNO/c12-5-1-2-6-15-11(16)9-4-3-8(14)7-10(9)13/h3-4,7H,1-2,5-6H2,(H,15,16). The van der Waals surface area contributed by atoms with Crippen molar-refractivity contribution in [3.8, 4) is 0 Å². The highest BCUT2D eigenvalue weighted by Gasteiger charge is 2.09. The molecule has 88 valence electrons. The number of carbonyl (C=O) groups is 1. The molecule has 2 nitrogen and oxygen atoms in total. The number of hydrogen-bond donors (Lipinski definition) is 1. The Balaban J connectivity index is 2.53. The number of rotatable bonds is 5. The van der Waals surface area contributed by atoms with Gasteiger partial charge in [-0.3, -0.25) is 4.79 Å². The van der Waals surface area contributed by atoms with E-state index in [4.69, 9.17) is 23.2 Å². The first-order valence-corrected chi connectivity index (χ1v) is 5.85. The Morgan fingerprint density at radius 3 is 2.75 bits per heavy atom. The SMILES string of the molecule is O=C(NCCCCCl)c1ccc(F)cc1Cl. The first kappa shape index (κ1) is 13.3. The van der Waals surface area contributed by atoms with Crippen LogP contribution in [0.1, 0.15) is 23.2 Å². The number of nitrogens with one attached hydrogen (secondary N) is 1. The minimum atomic E-state index is -0.455. The Labute approximate surface area is 104 Å². The average molecular weight is 264 g/mol. The molecule has 0 spiro atoms. The van der Waals surface area contributed by atoms with Gasteiger partial charge < -0.3 is 5.32 Å². The van der Waals surface area contributed by atoms with Crippen LogP contribution in [0.5, 0.6) is 0 Å². The van der Waals surface area contributed by atoms with Crippen LogP contribution in [0.15, 0.2) is 18.2 Å². The van der Waals surface area contributed by atoms with Gasteiger partial charge in [0.25, 0.3) is 5.91 Å². The molecule has 5 heteroatoms. The summed E-state index contributed by atoms with van der Waals surface area (Å²) >= 11 is 11.2. The van der Waals surface area contributed by atoms with Gasteiger partial charge in [0, 0.05) is 12.4 Å². The molecule has 1 N–H and O–H groups in total. The van der Waals surface area contributed by atoms with E-state index >= 15 is 0 Å². The van der Waals surface area contributed by atoms with Crippen molar-refractivity contribution in [3.05, 3.63) is 34.6 Å². The molecule has 0 radical (unpaired) electrons. The molecule has 16 heavy (non-hydrogen) atoms. The summed E-state index contributed by atoms with van der Waals surface area (Å²) in [4.78, 5) is 11.6. The van der Waals surface area contributed by atoms with Gasteiger partial charge in [-0.1, -0.05) is 11.6 Å². The zero-order valence-corrected chi connectivity index (χ0v) is 10.1. The maximum Gasteiger partial charge on any atom is 0.252 e. The van der Waals surface area contributed by atoms with Crippen LogP contribution in [0.3, 0.4) is 0 Å². The molecule has 0 aliphatic rings. The third kappa shape index (κ3) is 3.99. The molecular weight excluding hydrogens is 252 g/mol. The summed E-state index contributed by atoms with van der Waals surface area (Å²) in [6.07, 6.45) is 1.66. The van der Waals surface area contributed by atoms with Gasteiger partial charge in [0.2, 0.25) is 0 Å². The number of unbranched alkanes of at least 4 members (excludes halogenated alkanes) is 1. The minimum Gasteiger partial charge on any atom is -0.352 e. The minimum absolute atomic E-state index is 0.120. The molecule has 0 atom stereocenters. The molecule has 0 fully saturated rings. The second kappa shape index (κ2) is 6.71. The first-order valence-electron chi connectivity index (χ1n) is 4.94. The number of benzene rings is 1. The molecule has 1 rings (SSSR count). The molecular formula is C11H12Cl2FNO. The van der Waals surface area contributed by atoms with Gasteiger partial charge in [-0.05, 0) is 31.0 Å². The summed E-state index contributed by atoms with van der Waals surface area (Å²) in [6.45, 7) is 0.541. The predicted octanol–water partition coefficient (Wildman–Crippen LogP) is 3.23. The second-order valence-corrected chi connectivity index (χ2v) is 4.06. The van der Waals surface area contributed by atoms with E-state index in [1.807, 2.05) is 0 Å². The molecule has 0 aromatic heterocycles. The van der Waals surface area contributed by atoms with E-state index in [9.17, 15) is 9.18 Å². The summed E-state index contributed by atoms with van der Waals surface area (Å²) < 4.78 is 12.7. The van der Waals surface area contributed by atoms with Crippen LogP contribution >= 0.6 is 23.2 Å². The highest BCUT2D eigenvalue weighted by atomic mass is 35.5. The normalized spacial score (nSPS) is 10.2. The van der Waals surface area contributed by atoms with E-state index < -0.39 is 5.82 Å². The second-order valence-electron chi connectivity index (χ2n) is 3.28. The monoisotopic (exact) mass is 263 g/mol. The van der Waals surface area contributed by atoms with E-state index in [1.54, 1.807) is 0 Å². The number of carbonyl (C=O) groups excluding carboxylic acids is 1. The fraction of sp³-hybridized carbons (Fsp3) is 0.364.